The van der Waals surface area contributed by atoms with E-state index < -0.39 is 0 Å². The van der Waals surface area contributed by atoms with E-state index in [1.54, 1.807) is 24.3 Å². The lowest BCUT2D eigenvalue weighted by Crippen LogP contribution is -1.78. The molecule has 0 radical (unpaired) electrons. The molecule has 0 aliphatic heterocycles. The van der Waals surface area contributed by atoms with Gasteiger partial charge in [-0.2, -0.15) is 10.5 Å². The SMILES string of the molecule is N#C/C=C/c1ccccc1C#N. The quantitative estimate of drug-likeness (QED) is 0.581. The summed E-state index contributed by atoms with van der Waals surface area (Å²) in [6.07, 6.45) is 2.98. The molecule has 2 heteroatoms. The van der Waals surface area contributed by atoms with Crippen molar-refractivity contribution in [3.05, 3.63) is 41.5 Å². The second kappa shape index (κ2) is 3.95. The van der Waals surface area contributed by atoms with Crippen molar-refractivity contribution < 1.29 is 0 Å². The fourth-order valence-electron chi connectivity index (χ4n) is 0.871. The Morgan fingerprint density at radius 1 is 1.17 bits per heavy atom. The first kappa shape index (κ1) is 8.04. The zero-order valence-electron chi connectivity index (χ0n) is 6.36. The molecule has 0 heterocycles. The lowest BCUT2D eigenvalue weighted by Gasteiger charge is -1.93. The number of hydrogen-bond donors (Lipinski definition) is 0. The van der Waals surface area contributed by atoms with Crippen molar-refractivity contribution in [1.29, 1.82) is 10.5 Å². The molecule has 0 aliphatic rings. The van der Waals surface area contributed by atoms with Crippen LogP contribution in [0.1, 0.15) is 11.1 Å². The minimum Gasteiger partial charge on any atom is -0.193 e. The average molecular weight is 154 g/mol. The van der Waals surface area contributed by atoms with Crippen molar-refractivity contribution in [3.8, 4) is 12.1 Å². The topological polar surface area (TPSA) is 47.6 Å². The standard InChI is InChI=1S/C10H6N2/c11-7-3-6-9-4-1-2-5-10(9)8-12/h1-6H/b6-3+. The van der Waals surface area contributed by atoms with Crippen LogP contribution in [0.5, 0.6) is 0 Å². The fourth-order valence-corrected chi connectivity index (χ4v) is 0.871. The summed E-state index contributed by atoms with van der Waals surface area (Å²) in [6.45, 7) is 0. The third kappa shape index (κ3) is 1.71. The Bertz CT molecular complexity index is 378. The molecule has 2 nitrogen and oxygen atoms in total. The van der Waals surface area contributed by atoms with Crippen LogP contribution >= 0.6 is 0 Å². The molecular weight excluding hydrogens is 148 g/mol. The molecule has 0 aliphatic carbocycles. The number of hydrogen-bond acceptors (Lipinski definition) is 2. The molecule has 1 aromatic carbocycles. The van der Waals surface area contributed by atoms with Crippen LogP contribution in [0.25, 0.3) is 6.08 Å². The van der Waals surface area contributed by atoms with Crippen LogP contribution in [0.15, 0.2) is 30.3 Å². The minimum atomic E-state index is 0.587. The minimum absolute atomic E-state index is 0.587. The predicted molar refractivity (Wildman–Crippen MR) is 45.8 cm³/mol. The van der Waals surface area contributed by atoms with E-state index in [0.29, 0.717) is 5.56 Å². The van der Waals surface area contributed by atoms with Crippen molar-refractivity contribution in [2.75, 3.05) is 0 Å². The van der Waals surface area contributed by atoms with Gasteiger partial charge in [0.25, 0.3) is 0 Å². The summed E-state index contributed by atoms with van der Waals surface area (Å²) in [6, 6.07) is 11.1. The fraction of sp³-hybridized carbons (Fsp3) is 0. The van der Waals surface area contributed by atoms with Crippen LogP contribution in [0, 0.1) is 22.7 Å². The van der Waals surface area contributed by atoms with Gasteiger partial charge in [-0.25, -0.2) is 0 Å². The molecule has 0 aromatic heterocycles. The highest BCUT2D eigenvalue weighted by Crippen LogP contribution is 2.08. The Balaban J connectivity index is 3.09. The molecule has 0 atom stereocenters. The molecule has 12 heavy (non-hydrogen) atoms. The molecule has 0 saturated heterocycles. The molecule has 0 bridgehead atoms. The van der Waals surface area contributed by atoms with Gasteiger partial charge < -0.3 is 0 Å². The molecule has 0 fully saturated rings. The first-order valence-corrected chi connectivity index (χ1v) is 3.44. The van der Waals surface area contributed by atoms with Gasteiger partial charge >= 0.3 is 0 Å². The van der Waals surface area contributed by atoms with E-state index in [1.807, 2.05) is 18.2 Å². The second-order valence-electron chi connectivity index (χ2n) is 2.16. The Morgan fingerprint density at radius 3 is 2.58 bits per heavy atom. The van der Waals surface area contributed by atoms with E-state index in [1.165, 1.54) is 6.08 Å². The molecule has 0 amide bonds. The van der Waals surface area contributed by atoms with Crippen LogP contribution in [-0.2, 0) is 0 Å². The van der Waals surface area contributed by atoms with E-state index in [2.05, 4.69) is 0 Å². The third-order valence-corrected chi connectivity index (χ3v) is 1.42. The van der Waals surface area contributed by atoms with E-state index in [-0.39, 0.29) is 0 Å². The monoisotopic (exact) mass is 154 g/mol. The molecule has 0 spiro atoms. The maximum atomic E-state index is 8.65. The van der Waals surface area contributed by atoms with Crippen molar-refractivity contribution in [2.24, 2.45) is 0 Å². The van der Waals surface area contributed by atoms with Gasteiger partial charge in [0.15, 0.2) is 0 Å². The number of allylic oxidation sites excluding steroid dienone is 1. The second-order valence-corrected chi connectivity index (χ2v) is 2.16. The van der Waals surface area contributed by atoms with Gasteiger partial charge in [-0.3, -0.25) is 0 Å². The lowest BCUT2D eigenvalue weighted by atomic mass is 10.1. The molecule has 0 unspecified atom stereocenters. The zero-order chi connectivity index (χ0) is 8.81. The van der Waals surface area contributed by atoms with Crippen molar-refractivity contribution in [1.82, 2.24) is 0 Å². The normalized spacial score (nSPS) is 9.17. The number of nitrogens with zero attached hydrogens (tertiary/aromatic N) is 2. The van der Waals surface area contributed by atoms with Crippen molar-refractivity contribution in [3.63, 3.8) is 0 Å². The lowest BCUT2D eigenvalue weighted by molar-refractivity contribution is 1.47. The summed E-state index contributed by atoms with van der Waals surface area (Å²) < 4.78 is 0. The highest BCUT2D eigenvalue weighted by Gasteiger charge is 1.93. The van der Waals surface area contributed by atoms with E-state index in [9.17, 15) is 0 Å². The summed E-state index contributed by atoms with van der Waals surface area (Å²) in [5.74, 6) is 0. The van der Waals surface area contributed by atoms with Crippen molar-refractivity contribution >= 4 is 6.08 Å². The Hall–Kier alpha value is -2.06. The van der Waals surface area contributed by atoms with E-state index >= 15 is 0 Å². The van der Waals surface area contributed by atoms with Gasteiger partial charge in [0, 0.05) is 6.08 Å². The first-order chi connectivity index (χ1) is 5.88. The smallest absolute Gasteiger partial charge is 0.0997 e. The Morgan fingerprint density at radius 2 is 1.92 bits per heavy atom. The van der Waals surface area contributed by atoms with Gasteiger partial charge in [-0.05, 0) is 17.7 Å². The van der Waals surface area contributed by atoms with Gasteiger partial charge in [0.1, 0.15) is 0 Å². The number of benzene rings is 1. The van der Waals surface area contributed by atoms with Crippen LogP contribution in [-0.4, -0.2) is 0 Å². The summed E-state index contributed by atoms with van der Waals surface area (Å²) in [5.41, 5.74) is 1.37. The molecule has 0 saturated carbocycles. The van der Waals surface area contributed by atoms with Crippen LogP contribution in [0.4, 0.5) is 0 Å². The van der Waals surface area contributed by atoms with E-state index in [4.69, 9.17) is 10.5 Å². The third-order valence-electron chi connectivity index (χ3n) is 1.42. The first-order valence-electron chi connectivity index (χ1n) is 3.44. The van der Waals surface area contributed by atoms with Crippen molar-refractivity contribution in [2.45, 2.75) is 0 Å². The van der Waals surface area contributed by atoms with Gasteiger partial charge in [-0.1, -0.05) is 18.2 Å². The maximum Gasteiger partial charge on any atom is 0.0997 e. The number of rotatable bonds is 1. The van der Waals surface area contributed by atoms with Gasteiger partial charge in [-0.15, -0.1) is 0 Å². The summed E-state index contributed by atoms with van der Waals surface area (Å²) in [5, 5.41) is 16.9. The maximum absolute atomic E-state index is 8.65. The molecule has 1 aromatic rings. The molecule has 0 N–H and O–H groups in total. The van der Waals surface area contributed by atoms with Gasteiger partial charge in [0.2, 0.25) is 0 Å². The predicted octanol–water partition coefficient (Wildman–Crippen LogP) is 2.10. The van der Waals surface area contributed by atoms with Crippen LogP contribution in [0.2, 0.25) is 0 Å². The summed E-state index contributed by atoms with van der Waals surface area (Å²) in [7, 11) is 0. The van der Waals surface area contributed by atoms with Crippen LogP contribution < -0.4 is 0 Å². The van der Waals surface area contributed by atoms with Crippen LogP contribution in [0.3, 0.4) is 0 Å². The zero-order valence-corrected chi connectivity index (χ0v) is 6.36. The Kier molecular flexibility index (Phi) is 2.65. The Labute approximate surface area is 71.0 Å². The van der Waals surface area contributed by atoms with E-state index in [0.717, 1.165) is 5.56 Å². The largest absolute Gasteiger partial charge is 0.193 e. The highest BCUT2D eigenvalue weighted by molar-refractivity contribution is 5.59. The highest BCUT2D eigenvalue weighted by atomic mass is 14.2. The summed E-state index contributed by atoms with van der Waals surface area (Å²) in [4.78, 5) is 0. The molecule has 1 rings (SSSR count). The average Bonchev–Trinajstić information content (AvgIpc) is 2.15. The summed E-state index contributed by atoms with van der Waals surface area (Å²) >= 11 is 0. The number of nitriles is 2. The molecule has 56 valence electrons. The molecular formula is C10H6N2. The van der Waals surface area contributed by atoms with Gasteiger partial charge in [0.05, 0.1) is 17.7 Å².